The number of anilines is 1. The van der Waals surface area contributed by atoms with E-state index in [1.165, 1.54) is 31.5 Å². The van der Waals surface area contributed by atoms with E-state index in [0.717, 1.165) is 60.8 Å². The van der Waals surface area contributed by atoms with Crippen molar-refractivity contribution in [1.29, 1.82) is 0 Å². The van der Waals surface area contributed by atoms with Crippen molar-refractivity contribution in [3.8, 4) is 11.3 Å². The molecule has 4 heterocycles. The molecule has 0 spiro atoms. The van der Waals surface area contributed by atoms with Crippen LogP contribution in [0.2, 0.25) is 0 Å². The highest BCUT2D eigenvalue weighted by Gasteiger charge is 2.28. The van der Waals surface area contributed by atoms with Crippen molar-refractivity contribution in [2.45, 2.75) is 38.1 Å². The minimum atomic E-state index is 0.150. The molecule has 0 bridgehead atoms. The summed E-state index contributed by atoms with van der Waals surface area (Å²) < 4.78 is 0. The van der Waals surface area contributed by atoms with E-state index in [2.05, 4.69) is 26.6 Å². The summed E-state index contributed by atoms with van der Waals surface area (Å²) in [6, 6.07) is 12.6. The number of carbonyl (C=O) groups is 1. The first-order chi connectivity index (χ1) is 16.3. The molecule has 0 radical (unpaired) electrons. The van der Waals surface area contributed by atoms with E-state index in [0.29, 0.717) is 6.04 Å². The van der Waals surface area contributed by atoms with Gasteiger partial charge in [0, 0.05) is 54.6 Å². The molecule has 2 aliphatic rings. The molecule has 6 nitrogen and oxygen atoms in total. The van der Waals surface area contributed by atoms with Gasteiger partial charge in [-0.3, -0.25) is 9.78 Å². The summed E-state index contributed by atoms with van der Waals surface area (Å²) in [5.74, 6) is 0.150. The Hall–Kier alpha value is -2.77. The van der Waals surface area contributed by atoms with Gasteiger partial charge in [0.1, 0.15) is 0 Å². The van der Waals surface area contributed by atoms with Crippen LogP contribution in [0.25, 0.3) is 11.3 Å². The summed E-state index contributed by atoms with van der Waals surface area (Å²) in [6.45, 7) is 5.02. The van der Waals surface area contributed by atoms with Gasteiger partial charge in [0.15, 0.2) is 5.13 Å². The number of nitrogens with zero attached hydrogens (tertiary/aromatic N) is 4. The lowest BCUT2D eigenvalue weighted by atomic mass is 10.0. The molecule has 7 heteroatoms. The highest BCUT2D eigenvalue weighted by atomic mass is 32.1. The summed E-state index contributed by atoms with van der Waals surface area (Å²) in [6.07, 6.45) is 9.45. The number of piperidine rings is 1. The van der Waals surface area contributed by atoms with Crippen LogP contribution in [0.1, 0.15) is 41.6 Å². The maximum Gasteiger partial charge on any atom is 0.253 e. The molecule has 0 saturated carbocycles. The summed E-state index contributed by atoms with van der Waals surface area (Å²) in [5.41, 5.74) is 3.95. The molecule has 1 amide bonds. The molecule has 1 aromatic carbocycles. The molecule has 2 aromatic heterocycles. The van der Waals surface area contributed by atoms with Crippen LogP contribution in [0, 0.1) is 0 Å². The van der Waals surface area contributed by atoms with Crippen LogP contribution in [-0.2, 0) is 6.42 Å². The first kappa shape index (κ1) is 22.0. The number of rotatable bonds is 7. The zero-order valence-electron chi connectivity index (χ0n) is 18.9. The summed E-state index contributed by atoms with van der Waals surface area (Å²) in [5, 5.41) is 6.37. The third kappa shape index (κ3) is 5.42. The molecular formula is C26H31N5OS. The minimum Gasteiger partial charge on any atom is -0.361 e. The van der Waals surface area contributed by atoms with Crippen LogP contribution >= 0.6 is 11.3 Å². The largest absolute Gasteiger partial charge is 0.361 e. The number of thiazole rings is 1. The van der Waals surface area contributed by atoms with Gasteiger partial charge in [-0.05, 0) is 69.0 Å². The third-order valence-corrected chi connectivity index (χ3v) is 7.55. The molecule has 1 N–H and O–H groups in total. The second-order valence-electron chi connectivity index (χ2n) is 8.92. The number of carbonyl (C=O) groups excluding carboxylic acids is 1. The van der Waals surface area contributed by atoms with Crippen molar-refractivity contribution >= 4 is 22.4 Å². The van der Waals surface area contributed by atoms with E-state index in [-0.39, 0.29) is 5.91 Å². The topological polar surface area (TPSA) is 61.4 Å². The number of nitrogens with one attached hydrogen (secondary N) is 1. The molecule has 3 aromatic rings. The zero-order valence-corrected chi connectivity index (χ0v) is 19.8. The van der Waals surface area contributed by atoms with Crippen molar-refractivity contribution in [2.24, 2.45) is 0 Å². The van der Waals surface area contributed by atoms with E-state index in [4.69, 9.17) is 4.98 Å². The van der Waals surface area contributed by atoms with Gasteiger partial charge < -0.3 is 15.1 Å². The van der Waals surface area contributed by atoms with Gasteiger partial charge in [-0.25, -0.2) is 4.98 Å². The van der Waals surface area contributed by atoms with Crippen LogP contribution in [0.4, 0.5) is 5.13 Å². The van der Waals surface area contributed by atoms with Gasteiger partial charge in [-0.2, -0.15) is 0 Å². The standard InChI is InChI=1S/C26H31N5OS/c32-25(31-16-10-23(11-17-31)30-14-1-2-15-30)22-7-5-21(6-8-22)24-19-33-26(29-24)28-13-9-20-4-3-12-27-18-20/h3-8,12,18-19,23H,1-2,9-11,13-17H2,(H,28,29). The third-order valence-electron chi connectivity index (χ3n) is 6.75. The fourth-order valence-corrected chi connectivity index (χ4v) is 5.60. The predicted molar refractivity (Wildman–Crippen MR) is 134 cm³/mol. The molecular weight excluding hydrogens is 430 g/mol. The molecule has 0 unspecified atom stereocenters. The smallest absolute Gasteiger partial charge is 0.253 e. The number of hydrogen-bond donors (Lipinski definition) is 1. The van der Waals surface area contributed by atoms with Crippen LogP contribution < -0.4 is 5.32 Å². The lowest BCUT2D eigenvalue weighted by Crippen LogP contribution is -2.45. The summed E-state index contributed by atoms with van der Waals surface area (Å²) in [4.78, 5) is 26.5. The van der Waals surface area contributed by atoms with Crippen molar-refractivity contribution in [3.05, 3.63) is 65.3 Å². The van der Waals surface area contributed by atoms with Crippen molar-refractivity contribution in [1.82, 2.24) is 19.8 Å². The van der Waals surface area contributed by atoms with Crippen LogP contribution in [-0.4, -0.2) is 64.4 Å². The molecule has 2 saturated heterocycles. The first-order valence-electron chi connectivity index (χ1n) is 12.0. The van der Waals surface area contributed by atoms with E-state index < -0.39 is 0 Å². The normalized spacial score (nSPS) is 17.4. The molecule has 172 valence electrons. The number of aromatic nitrogens is 2. The minimum absolute atomic E-state index is 0.150. The molecule has 2 fully saturated rings. The van der Waals surface area contributed by atoms with Crippen molar-refractivity contribution in [2.75, 3.05) is 38.0 Å². The number of pyridine rings is 1. The van der Waals surface area contributed by atoms with Crippen molar-refractivity contribution in [3.63, 3.8) is 0 Å². The lowest BCUT2D eigenvalue weighted by molar-refractivity contribution is 0.0644. The van der Waals surface area contributed by atoms with E-state index in [1.807, 2.05) is 41.4 Å². The van der Waals surface area contributed by atoms with Crippen molar-refractivity contribution < 1.29 is 4.79 Å². The Labute approximate surface area is 199 Å². The predicted octanol–water partition coefficient (Wildman–Crippen LogP) is 4.56. The molecule has 33 heavy (non-hydrogen) atoms. The number of hydrogen-bond acceptors (Lipinski definition) is 6. The van der Waals surface area contributed by atoms with E-state index >= 15 is 0 Å². The highest BCUT2D eigenvalue weighted by Crippen LogP contribution is 2.26. The Bertz CT molecular complexity index is 1040. The first-order valence-corrected chi connectivity index (χ1v) is 12.9. The average Bonchev–Trinajstić information content (AvgIpc) is 3.58. The van der Waals surface area contributed by atoms with E-state index in [9.17, 15) is 4.79 Å². The maximum absolute atomic E-state index is 13.0. The second-order valence-corrected chi connectivity index (χ2v) is 9.78. The quantitative estimate of drug-likeness (QED) is 0.559. The van der Waals surface area contributed by atoms with Crippen LogP contribution in [0.5, 0.6) is 0 Å². The van der Waals surface area contributed by atoms with Gasteiger partial charge in [-0.1, -0.05) is 18.2 Å². The Morgan fingerprint density at radius 1 is 1.06 bits per heavy atom. The highest BCUT2D eigenvalue weighted by molar-refractivity contribution is 7.14. The Kier molecular flexibility index (Phi) is 6.98. The number of likely N-dealkylation sites (tertiary alicyclic amines) is 2. The fourth-order valence-electron chi connectivity index (χ4n) is 4.85. The second kappa shape index (κ2) is 10.4. The zero-order chi connectivity index (χ0) is 22.5. The lowest BCUT2D eigenvalue weighted by Gasteiger charge is -2.36. The van der Waals surface area contributed by atoms with Gasteiger partial charge in [0.25, 0.3) is 5.91 Å². The Balaban J connectivity index is 1.13. The monoisotopic (exact) mass is 461 g/mol. The maximum atomic E-state index is 13.0. The average molecular weight is 462 g/mol. The summed E-state index contributed by atoms with van der Waals surface area (Å²) in [7, 11) is 0. The van der Waals surface area contributed by atoms with Gasteiger partial charge in [0.05, 0.1) is 5.69 Å². The Morgan fingerprint density at radius 3 is 2.58 bits per heavy atom. The molecule has 5 rings (SSSR count). The van der Waals surface area contributed by atoms with E-state index in [1.54, 1.807) is 17.5 Å². The number of benzene rings is 1. The van der Waals surface area contributed by atoms with Crippen LogP contribution in [0.3, 0.4) is 0 Å². The molecule has 0 aliphatic carbocycles. The molecule has 0 atom stereocenters. The van der Waals surface area contributed by atoms with Crippen LogP contribution in [0.15, 0.2) is 54.2 Å². The van der Waals surface area contributed by atoms with Gasteiger partial charge in [0.2, 0.25) is 0 Å². The SMILES string of the molecule is O=C(c1ccc(-c2csc(NCCc3cccnc3)n2)cc1)N1CCC(N2CCCC2)CC1. The summed E-state index contributed by atoms with van der Waals surface area (Å²) >= 11 is 1.61. The van der Waals surface area contributed by atoms with Gasteiger partial charge >= 0.3 is 0 Å². The fraction of sp³-hybridized carbons (Fsp3) is 0.423. The van der Waals surface area contributed by atoms with Gasteiger partial charge in [-0.15, -0.1) is 11.3 Å². The Morgan fingerprint density at radius 2 is 1.85 bits per heavy atom. The number of amides is 1. The molecule has 2 aliphatic heterocycles.